The number of benzene rings is 2. The van der Waals surface area contributed by atoms with E-state index < -0.39 is 0 Å². The molecule has 0 atom stereocenters. The van der Waals surface area contributed by atoms with Gasteiger partial charge in [0.25, 0.3) is 0 Å². The fourth-order valence-corrected chi connectivity index (χ4v) is 2.10. The van der Waals surface area contributed by atoms with Gasteiger partial charge in [-0.15, -0.1) is 11.8 Å². The van der Waals surface area contributed by atoms with Crippen LogP contribution in [0.15, 0.2) is 47.4 Å². The molecule has 0 fully saturated rings. The summed E-state index contributed by atoms with van der Waals surface area (Å²) in [6, 6.07) is 13.0. The zero-order chi connectivity index (χ0) is 14.5. The number of thioether (sulfide) groups is 1. The lowest BCUT2D eigenvalue weighted by molar-refractivity contribution is -0.114. The second kappa shape index (κ2) is 6.34. The minimum Gasteiger partial charge on any atom is -0.457 e. The van der Waals surface area contributed by atoms with Gasteiger partial charge in [-0.25, -0.2) is 0 Å². The molecule has 0 radical (unpaired) electrons. The predicted molar refractivity (Wildman–Crippen MR) is 83.5 cm³/mol. The number of nitrogen functional groups attached to an aromatic ring is 1. The summed E-state index contributed by atoms with van der Waals surface area (Å²) in [5.41, 5.74) is 6.93. The smallest absolute Gasteiger partial charge is 0.221 e. The average Bonchev–Trinajstić information content (AvgIpc) is 2.42. The number of ether oxygens (including phenoxy) is 1. The van der Waals surface area contributed by atoms with Crippen molar-refractivity contribution in [3.05, 3.63) is 42.5 Å². The molecule has 20 heavy (non-hydrogen) atoms. The number of hydrogen-bond acceptors (Lipinski definition) is 4. The first kappa shape index (κ1) is 14.3. The number of carbonyl (C=O) groups excluding carboxylic acids is 1. The number of rotatable bonds is 4. The van der Waals surface area contributed by atoms with Crippen molar-refractivity contribution < 1.29 is 9.53 Å². The van der Waals surface area contributed by atoms with Crippen molar-refractivity contribution in [2.75, 3.05) is 17.3 Å². The number of amides is 1. The van der Waals surface area contributed by atoms with Gasteiger partial charge in [0.15, 0.2) is 0 Å². The predicted octanol–water partition coefficient (Wildman–Crippen LogP) is 3.74. The molecule has 0 unspecified atom stereocenters. The van der Waals surface area contributed by atoms with E-state index >= 15 is 0 Å². The van der Waals surface area contributed by atoms with Crippen molar-refractivity contribution in [3.63, 3.8) is 0 Å². The van der Waals surface area contributed by atoms with Crippen LogP contribution in [-0.2, 0) is 4.79 Å². The number of anilines is 2. The summed E-state index contributed by atoms with van der Waals surface area (Å²) in [7, 11) is 0. The maximum absolute atomic E-state index is 11.0. The van der Waals surface area contributed by atoms with Gasteiger partial charge in [0.1, 0.15) is 11.5 Å². The Kier molecular flexibility index (Phi) is 4.53. The van der Waals surface area contributed by atoms with Crippen LogP contribution in [0.1, 0.15) is 6.92 Å². The van der Waals surface area contributed by atoms with Crippen LogP contribution in [-0.4, -0.2) is 12.2 Å². The summed E-state index contributed by atoms with van der Waals surface area (Å²) in [6.07, 6.45) is 2.03. The first-order valence-electron chi connectivity index (χ1n) is 6.07. The molecular formula is C15H16N2O2S. The van der Waals surface area contributed by atoms with Gasteiger partial charge in [-0.2, -0.15) is 0 Å². The summed E-state index contributed by atoms with van der Waals surface area (Å²) in [6.45, 7) is 1.44. The Morgan fingerprint density at radius 3 is 2.35 bits per heavy atom. The minimum absolute atomic E-state index is 0.155. The number of nitrogens with one attached hydrogen (secondary N) is 1. The van der Waals surface area contributed by atoms with Crippen molar-refractivity contribution in [2.24, 2.45) is 0 Å². The van der Waals surface area contributed by atoms with E-state index in [4.69, 9.17) is 10.5 Å². The molecule has 2 aromatic carbocycles. The van der Waals surface area contributed by atoms with Gasteiger partial charge in [-0.1, -0.05) is 0 Å². The zero-order valence-corrected chi connectivity index (χ0v) is 12.2. The molecule has 104 valence electrons. The first-order valence-corrected chi connectivity index (χ1v) is 7.30. The van der Waals surface area contributed by atoms with Crippen molar-refractivity contribution in [3.8, 4) is 11.5 Å². The lowest BCUT2D eigenvalue weighted by Crippen LogP contribution is -2.07. The molecular weight excluding hydrogens is 272 g/mol. The van der Waals surface area contributed by atoms with Crippen LogP contribution in [0.4, 0.5) is 11.4 Å². The molecule has 4 nitrogen and oxygen atoms in total. The lowest BCUT2D eigenvalue weighted by atomic mass is 10.2. The Balaban J connectivity index is 2.13. The Labute approximate surface area is 122 Å². The van der Waals surface area contributed by atoms with Crippen LogP contribution in [0, 0.1) is 0 Å². The summed E-state index contributed by atoms with van der Waals surface area (Å²) in [5.74, 6) is 1.22. The molecule has 3 N–H and O–H groups in total. The Morgan fingerprint density at radius 1 is 1.15 bits per heavy atom. The highest BCUT2D eigenvalue weighted by atomic mass is 32.2. The molecule has 2 aromatic rings. The van der Waals surface area contributed by atoms with Crippen LogP contribution in [0.5, 0.6) is 11.5 Å². The quantitative estimate of drug-likeness (QED) is 0.664. The van der Waals surface area contributed by atoms with Gasteiger partial charge in [-0.3, -0.25) is 4.79 Å². The third kappa shape index (κ3) is 3.68. The van der Waals surface area contributed by atoms with E-state index in [0.29, 0.717) is 17.1 Å². The summed E-state index contributed by atoms with van der Waals surface area (Å²) in [5, 5.41) is 2.66. The van der Waals surface area contributed by atoms with Crippen molar-refractivity contribution in [1.82, 2.24) is 0 Å². The summed E-state index contributed by atoms with van der Waals surface area (Å²) < 4.78 is 5.72. The summed E-state index contributed by atoms with van der Waals surface area (Å²) in [4.78, 5) is 12.2. The van der Waals surface area contributed by atoms with Gasteiger partial charge in [0.2, 0.25) is 5.91 Å². The maximum Gasteiger partial charge on any atom is 0.221 e. The Hall–Kier alpha value is -2.14. The molecule has 5 heteroatoms. The van der Waals surface area contributed by atoms with Gasteiger partial charge in [-0.05, 0) is 42.7 Å². The third-order valence-corrected chi connectivity index (χ3v) is 3.37. The van der Waals surface area contributed by atoms with Crippen LogP contribution in [0.3, 0.4) is 0 Å². The molecule has 0 bridgehead atoms. The van der Waals surface area contributed by atoms with Crippen LogP contribution in [0.25, 0.3) is 0 Å². The Bertz CT molecular complexity index is 612. The van der Waals surface area contributed by atoms with Gasteiger partial charge >= 0.3 is 0 Å². The van der Waals surface area contributed by atoms with E-state index in [0.717, 1.165) is 5.75 Å². The lowest BCUT2D eigenvalue weighted by Gasteiger charge is -2.10. The molecule has 0 spiro atoms. The van der Waals surface area contributed by atoms with Crippen LogP contribution < -0.4 is 15.8 Å². The second-order valence-electron chi connectivity index (χ2n) is 4.21. The fourth-order valence-electron chi connectivity index (χ4n) is 1.69. The average molecular weight is 288 g/mol. The molecule has 0 aromatic heterocycles. The van der Waals surface area contributed by atoms with Crippen molar-refractivity contribution >= 4 is 29.0 Å². The monoisotopic (exact) mass is 288 g/mol. The second-order valence-corrected chi connectivity index (χ2v) is 5.09. The molecule has 0 heterocycles. The first-order chi connectivity index (χ1) is 9.58. The fraction of sp³-hybridized carbons (Fsp3) is 0.133. The molecule has 0 aliphatic carbocycles. The largest absolute Gasteiger partial charge is 0.457 e. The normalized spacial score (nSPS) is 10.1. The number of hydrogen-bond donors (Lipinski definition) is 2. The molecule has 1 amide bonds. The van der Waals surface area contributed by atoms with E-state index in [2.05, 4.69) is 5.32 Å². The van der Waals surface area contributed by atoms with Gasteiger partial charge < -0.3 is 15.8 Å². The molecule has 0 saturated heterocycles. The number of carbonyl (C=O) groups is 1. The molecule has 0 aliphatic rings. The highest BCUT2D eigenvalue weighted by molar-refractivity contribution is 7.98. The van der Waals surface area contributed by atoms with E-state index in [9.17, 15) is 4.79 Å². The highest BCUT2D eigenvalue weighted by Gasteiger charge is 2.04. The van der Waals surface area contributed by atoms with Crippen LogP contribution >= 0.6 is 11.8 Å². The highest BCUT2D eigenvalue weighted by Crippen LogP contribution is 2.29. The van der Waals surface area contributed by atoms with Crippen molar-refractivity contribution in [2.45, 2.75) is 11.8 Å². The van der Waals surface area contributed by atoms with E-state index in [1.54, 1.807) is 30.0 Å². The van der Waals surface area contributed by atoms with E-state index in [-0.39, 0.29) is 5.91 Å². The third-order valence-electron chi connectivity index (χ3n) is 2.63. The SMILES string of the molecule is CSc1ccc(Oc2ccc(NC(C)=O)c(N)c2)cc1. The van der Waals surface area contributed by atoms with Crippen molar-refractivity contribution in [1.29, 1.82) is 0 Å². The zero-order valence-electron chi connectivity index (χ0n) is 11.3. The van der Waals surface area contributed by atoms with E-state index in [1.165, 1.54) is 11.8 Å². The van der Waals surface area contributed by atoms with Gasteiger partial charge in [0.05, 0.1) is 11.4 Å². The maximum atomic E-state index is 11.0. The Morgan fingerprint density at radius 2 is 1.80 bits per heavy atom. The van der Waals surface area contributed by atoms with Crippen LogP contribution in [0.2, 0.25) is 0 Å². The minimum atomic E-state index is -0.155. The van der Waals surface area contributed by atoms with Gasteiger partial charge in [0, 0.05) is 17.9 Å². The van der Waals surface area contributed by atoms with E-state index in [1.807, 2.05) is 30.5 Å². The molecule has 0 aliphatic heterocycles. The molecule has 2 rings (SSSR count). The topological polar surface area (TPSA) is 64.3 Å². The number of nitrogens with two attached hydrogens (primary N) is 1. The summed E-state index contributed by atoms with van der Waals surface area (Å²) >= 11 is 1.68. The molecule has 0 saturated carbocycles. The standard InChI is InChI=1S/C15H16N2O2S/c1-10(18)17-15-8-5-12(9-14(15)16)19-11-3-6-13(20-2)7-4-11/h3-9H,16H2,1-2H3,(H,17,18).